The lowest BCUT2D eigenvalue weighted by molar-refractivity contribution is 0.395. The van der Waals surface area contributed by atoms with Crippen molar-refractivity contribution in [2.75, 3.05) is 24.9 Å². The van der Waals surface area contributed by atoms with E-state index in [0.29, 0.717) is 17.4 Å². The molecular formula is C17H24N4O2. The van der Waals surface area contributed by atoms with Gasteiger partial charge in [-0.05, 0) is 39.8 Å². The number of aromatic nitrogens is 2. The van der Waals surface area contributed by atoms with E-state index in [4.69, 9.17) is 9.47 Å². The monoisotopic (exact) mass is 316 g/mol. The lowest BCUT2D eigenvalue weighted by atomic mass is 10.1. The highest BCUT2D eigenvalue weighted by molar-refractivity contribution is 5.67. The molecule has 0 bridgehead atoms. The number of methoxy groups -OCH3 is 2. The molecule has 2 aromatic rings. The Bertz CT molecular complexity index is 681. The van der Waals surface area contributed by atoms with Gasteiger partial charge in [0, 0.05) is 17.7 Å². The molecule has 6 heteroatoms. The van der Waals surface area contributed by atoms with Crippen molar-refractivity contribution in [1.29, 1.82) is 0 Å². The number of ether oxygens (including phenoxy) is 2. The SMILES string of the molecule is COc1ccc(Nc2cc(NC(C)(C)C)nc(C)n2)c(OC)c1. The van der Waals surface area contributed by atoms with Crippen molar-refractivity contribution in [2.45, 2.75) is 33.2 Å². The zero-order chi connectivity index (χ0) is 17.0. The summed E-state index contributed by atoms with van der Waals surface area (Å²) in [6, 6.07) is 7.46. The molecule has 0 saturated carbocycles. The van der Waals surface area contributed by atoms with Crippen LogP contribution in [-0.2, 0) is 0 Å². The maximum atomic E-state index is 5.40. The second-order valence-corrected chi connectivity index (χ2v) is 6.25. The van der Waals surface area contributed by atoms with Crippen LogP contribution in [0.4, 0.5) is 17.3 Å². The summed E-state index contributed by atoms with van der Waals surface area (Å²) in [5, 5.41) is 6.62. The van der Waals surface area contributed by atoms with Crippen molar-refractivity contribution in [1.82, 2.24) is 9.97 Å². The van der Waals surface area contributed by atoms with Crippen LogP contribution in [0.1, 0.15) is 26.6 Å². The zero-order valence-electron chi connectivity index (χ0n) is 14.5. The van der Waals surface area contributed by atoms with Crippen LogP contribution in [0.3, 0.4) is 0 Å². The number of rotatable bonds is 5. The van der Waals surface area contributed by atoms with E-state index >= 15 is 0 Å². The minimum atomic E-state index is -0.0735. The van der Waals surface area contributed by atoms with Crippen molar-refractivity contribution < 1.29 is 9.47 Å². The average molecular weight is 316 g/mol. The Kier molecular flexibility index (Phi) is 4.93. The number of benzene rings is 1. The van der Waals surface area contributed by atoms with Crippen LogP contribution in [0.25, 0.3) is 0 Å². The van der Waals surface area contributed by atoms with Crippen molar-refractivity contribution in [3.8, 4) is 11.5 Å². The van der Waals surface area contributed by atoms with E-state index < -0.39 is 0 Å². The fourth-order valence-electron chi connectivity index (χ4n) is 2.12. The van der Waals surface area contributed by atoms with Gasteiger partial charge in [-0.3, -0.25) is 0 Å². The average Bonchev–Trinajstić information content (AvgIpc) is 2.45. The molecule has 0 spiro atoms. The maximum absolute atomic E-state index is 5.40. The summed E-state index contributed by atoms with van der Waals surface area (Å²) in [7, 11) is 3.25. The smallest absolute Gasteiger partial charge is 0.146 e. The van der Waals surface area contributed by atoms with Gasteiger partial charge in [-0.15, -0.1) is 0 Å². The molecule has 2 N–H and O–H groups in total. The van der Waals surface area contributed by atoms with Gasteiger partial charge >= 0.3 is 0 Å². The van der Waals surface area contributed by atoms with Gasteiger partial charge in [0.25, 0.3) is 0 Å². The van der Waals surface area contributed by atoms with E-state index in [1.807, 2.05) is 31.2 Å². The summed E-state index contributed by atoms with van der Waals surface area (Å²) >= 11 is 0. The highest BCUT2D eigenvalue weighted by Crippen LogP contribution is 2.31. The minimum absolute atomic E-state index is 0.0735. The zero-order valence-corrected chi connectivity index (χ0v) is 14.5. The van der Waals surface area contributed by atoms with Gasteiger partial charge in [-0.1, -0.05) is 0 Å². The normalized spacial score (nSPS) is 11.0. The van der Waals surface area contributed by atoms with Crippen LogP contribution in [0.2, 0.25) is 0 Å². The van der Waals surface area contributed by atoms with Gasteiger partial charge in [0.05, 0.1) is 19.9 Å². The van der Waals surface area contributed by atoms with Crippen LogP contribution in [0, 0.1) is 6.92 Å². The van der Waals surface area contributed by atoms with Crippen molar-refractivity contribution >= 4 is 17.3 Å². The van der Waals surface area contributed by atoms with Crippen LogP contribution in [0.15, 0.2) is 24.3 Å². The Morgan fingerprint density at radius 1 is 0.957 bits per heavy atom. The maximum Gasteiger partial charge on any atom is 0.146 e. The molecule has 0 aliphatic rings. The van der Waals surface area contributed by atoms with Crippen LogP contribution in [0.5, 0.6) is 11.5 Å². The first-order valence-electron chi connectivity index (χ1n) is 7.43. The molecule has 2 rings (SSSR count). The minimum Gasteiger partial charge on any atom is -0.497 e. The Morgan fingerprint density at radius 3 is 2.26 bits per heavy atom. The van der Waals surface area contributed by atoms with E-state index in [1.54, 1.807) is 14.2 Å². The first-order chi connectivity index (χ1) is 10.8. The highest BCUT2D eigenvalue weighted by atomic mass is 16.5. The number of hydrogen-bond donors (Lipinski definition) is 2. The Morgan fingerprint density at radius 2 is 1.65 bits per heavy atom. The molecule has 0 radical (unpaired) electrons. The summed E-state index contributed by atoms with van der Waals surface area (Å²) in [5.41, 5.74) is 0.740. The van der Waals surface area contributed by atoms with Gasteiger partial charge in [-0.2, -0.15) is 0 Å². The van der Waals surface area contributed by atoms with Crippen LogP contribution >= 0.6 is 0 Å². The van der Waals surface area contributed by atoms with Crippen LogP contribution in [-0.4, -0.2) is 29.7 Å². The second kappa shape index (κ2) is 6.73. The largest absolute Gasteiger partial charge is 0.497 e. The van der Waals surface area contributed by atoms with E-state index in [1.165, 1.54) is 0 Å². The number of anilines is 3. The third kappa shape index (κ3) is 4.74. The van der Waals surface area contributed by atoms with Crippen molar-refractivity contribution in [3.63, 3.8) is 0 Å². The van der Waals surface area contributed by atoms with Gasteiger partial charge < -0.3 is 20.1 Å². The number of nitrogens with zero attached hydrogens (tertiary/aromatic N) is 2. The standard InChI is InChI=1S/C17H24N4O2/c1-11-18-15(10-16(19-11)21-17(2,3)4)20-13-8-7-12(22-5)9-14(13)23-6/h7-10H,1-6H3,(H2,18,19,20,21). The molecule has 0 aliphatic carbocycles. The third-order valence-electron chi connectivity index (χ3n) is 3.01. The van der Waals surface area contributed by atoms with E-state index in [9.17, 15) is 0 Å². The van der Waals surface area contributed by atoms with Gasteiger partial charge in [-0.25, -0.2) is 9.97 Å². The molecule has 0 amide bonds. The van der Waals surface area contributed by atoms with Gasteiger partial charge in [0.15, 0.2) is 0 Å². The summed E-state index contributed by atoms with van der Waals surface area (Å²) in [5.74, 6) is 3.59. The van der Waals surface area contributed by atoms with Crippen molar-refractivity contribution in [2.24, 2.45) is 0 Å². The molecule has 0 unspecified atom stereocenters. The fraction of sp³-hybridized carbons (Fsp3) is 0.412. The lowest BCUT2D eigenvalue weighted by Crippen LogP contribution is -2.27. The van der Waals surface area contributed by atoms with Crippen molar-refractivity contribution in [3.05, 3.63) is 30.1 Å². The quantitative estimate of drug-likeness (QED) is 0.875. The summed E-state index contributed by atoms with van der Waals surface area (Å²) in [6.45, 7) is 8.13. The molecule has 1 aromatic carbocycles. The summed E-state index contributed by atoms with van der Waals surface area (Å²) in [6.07, 6.45) is 0. The number of nitrogens with one attached hydrogen (secondary N) is 2. The fourth-order valence-corrected chi connectivity index (χ4v) is 2.12. The topological polar surface area (TPSA) is 68.3 Å². The van der Waals surface area contributed by atoms with Gasteiger partial charge in [0.2, 0.25) is 0 Å². The molecule has 0 fully saturated rings. The Hall–Kier alpha value is -2.50. The first kappa shape index (κ1) is 16.9. The van der Waals surface area contributed by atoms with Gasteiger partial charge in [0.1, 0.15) is 29.0 Å². The Labute approximate surface area is 137 Å². The number of hydrogen-bond acceptors (Lipinski definition) is 6. The summed E-state index contributed by atoms with van der Waals surface area (Å²) < 4.78 is 10.6. The predicted molar refractivity (Wildman–Crippen MR) is 93.0 cm³/mol. The molecule has 1 aromatic heterocycles. The molecule has 0 aliphatic heterocycles. The molecule has 6 nitrogen and oxygen atoms in total. The lowest BCUT2D eigenvalue weighted by Gasteiger charge is -2.22. The summed E-state index contributed by atoms with van der Waals surface area (Å²) in [4.78, 5) is 8.85. The third-order valence-corrected chi connectivity index (χ3v) is 3.01. The van der Waals surface area contributed by atoms with Crippen LogP contribution < -0.4 is 20.1 Å². The molecule has 124 valence electrons. The van der Waals surface area contributed by atoms with E-state index in [-0.39, 0.29) is 5.54 Å². The highest BCUT2D eigenvalue weighted by Gasteiger charge is 2.12. The van der Waals surface area contributed by atoms with E-state index in [0.717, 1.165) is 17.3 Å². The second-order valence-electron chi connectivity index (χ2n) is 6.25. The molecule has 0 atom stereocenters. The molecule has 23 heavy (non-hydrogen) atoms. The predicted octanol–water partition coefficient (Wildman–Crippen LogP) is 3.76. The first-order valence-corrected chi connectivity index (χ1v) is 7.43. The Balaban J connectivity index is 2.29. The molecule has 0 saturated heterocycles. The van der Waals surface area contributed by atoms with E-state index in [2.05, 4.69) is 41.4 Å². The molecular weight excluding hydrogens is 292 g/mol. The number of aryl methyl sites for hydroxylation is 1. The molecule has 1 heterocycles.